The van der Waals surface area contributed by atoms with E-state index in [0.717, 1.165) is 68.9 Å². The van der Waals surface area contributed by atoms with E-state index in [1.54, 1.807) is 0 Å². The molecule has 0 saturated carbocycles. The summed E-state index contributed by atoms with van der Waals surface area (Å²) in [4.78, 5) is 13.7. The van der Waals surface area contributed by atoms with Gasteiger partial charge in [-0.1, -0.05) is 6.92 Å². The van der Waals surface area contributed by atoms with Crippen LogP contribution in [0.15, 0.2) is 17.4 Å². The summed E-state index contributed by atoms with van der Waals surface area (Å²) in [5, 5.41) is 8.74. The van der Waals surface area contributed by atoms with Gasteiger partial charge in [-0.15, -0.1) is 0 Å². The molecule has 142 valence electrons. The van der Waals surface area contributed by atoms with Crippen LogP contribution in [0.4, 0.5) is 5.13 Å². The van der Waals surface area contributed by atoms with E-state index in [2.05, 4.69) is 47.7 Å². The molecule has 0 spiro atoms. The molecule has 1 aliphatic rings. The molecule has 8 nitrogen and oxygen atoms in total. The minimum atomic E-state index is 0.895. The Morgan fingerprint density at radius 1 is 1.31 bits per heavy atom. The first kappa shape index (κ1) is 18.6. The number of anilines is 1. The average molecular weight is 377 g/mol. The van der Waals surface area contributed by atoms with Crippen LogP contribution in [0.3, 0.4) is 0 Å². The van der Waals surface area contributed by atoms with Crippen molar-refractivity contribution in [3.8, 4) is 0 Å². The largest absolute Gasteiger partial charge is 0.356 e. The Kier molecular flexibility index (Phi) is 6.43. The van der Waals surface area contributed by atoms with E-state index in [0.29, 0.717) is 0 Å². The SMILES string of the molecule is CCc1nsc(N2CCN(C(=NC)NCCCc3cnn(C)c3)CC2)n1. The molecule has 1 saturated heterocycles. The standard InChI is InChI=1S/C17H28N8S/c1-4-15-21-17(26-22-15)25-10-8-24(9-11-25)16(18-2)19-7-5-6-14-12-20-23(3)13-14/h12-13H,4-11H2,1-3H3,(H,18,19). The third-order valence-electron chi connectivity index (χ3n) is 4.52. The van der Waals surface area contributed by atoms with E-state index < -0.39 is 0 Å². The molecule has 3 heterocycles. The second-order valence-corrected chi connectivity index (χ2v) is 7.15. The van der Waals surface area contributed by atoms with E-state index in [-0.39, 0.29) is 0 Å². The van der Waals surface area contributed by atoms with E-state index in [9.17, 15) is 0 Å². The lowest BCUT2D eigenvalue weighted by molar-refractivity contribution is 0.372. The zero-order valence-corrected chi connectivity index (χ0v) is 16.7. The number of nitrogens with one attached hydrogen (secondary N) is 1. The van der Waals surface area contributed by atoms with Gasteiger partial charge in [-0.05, 0) is 18.4 Å². The van der Waals surface area contributed by atoms with Crippen LogP contribution in [0.25, 0.3) is 0 Å². The van der Waals surface area contributed by atoms with Gasteiger partial charge in [0, 0.05) is 71.0 Å². The third-order valence-corrected chi connectivity index (χ3v) is 5.33. The Morgan fingerprint density at radius 2 is 2.12 bits per heavy atom. The van der Waals surface area contributed by atoms with E-state index in [1.165, 1.54) is 17.1 Å². The summed E-state index contributed by atoms with van der Waals surface area (Å²) in [5.74, 6) is 1.93. The number of aliphatic imine (C=N–C) groups is 1. The molecule has 0 radical (unpaired) electrons. The average Bonchev–Trinajstić information content (AvgIpc) is 3.31. The van der Waals surface area contributed by atoms with E-state index in [1.807, 2.05) is 25.0 Å². The molecule has 1 N–H and O–H groups in total. The summed E-state index contributed by atoms with van der Waals surface area (Å²) in [6.45, 7) is 6.81. The van der Waals surface area contributed by atoms with Gasteiger partial charge in [0.05, 0.1) is 6.20 Å². The zero-order valence-electron chi connectivity index (χ0n) is 15.9. The molecular weight excluding hydrogens is 348 g/mol. The Balaban J connectivity index is 1.41. The highest BCUT2D eigenvalue weighted by molar-refractivity contribution is 7.09. The monoisotopic (exact) mass is 376 g/mol. The molecular formula is C17H28N8S. The highest BCUT2D eigenvalue weighted by atomic mass is 32.1. The molecule has 0 atom stereocenters. The van der Waals surface area contributed by atoms with Crippen molar-refractivity contribution in [2.24, 2.45) is 12.0 Å². The first-order valence-electron chi connectivity index (χ1n) is 9.20. The fourth-order valence-electron chi connectivity index (χ4n) is 3.05. The molecule has 26 heavy (non-hydrogen) atoms. The number of aromatic nitrogens is 4. The second kappa shape index (κ2) is 8.98. The predicted octanol–water partition coefficient (Wildman–Crippen LogP) is 1.16. The van der Waals surface area contributed by atoms with Crippen molar-refractivity contribution in [3.63, 3.8) is 0 Å². The van der Waals surface area contributed by atoms with Crippen LogP contribution in [-0.2, 0) is 19.9 Å². The van der Waals surface area contributed by atoms with Crippen LogP contribution < -0.4 is 10.2 Å². The Bertz CT molecular complexity index is 714. The Labute approximate surface area is 159 Å². The van der Waals surface area contributed by atoms with Gasteiger partial charge in [0.15, 0.2) is 5.96 Å². The van der Waals surface area contributed by atoms with Gasteiger partial charge in [0.25, 0.3) is 0 Å². The maximum absolute atomic E-state index is 4.60. The topological polar surface area (TPSA) is 74.5 Å². The van der Waals surface area contributed by atoms with Crippen LogP contribution in [0.1, 0.15) is 24.7 Å². The van der Waals surface area contributed by atoms with Gasteiger partial charge in [-0.25, -0.2) is 4.98 Å². The predicted molar refractivity (Wildman–Crippen MR) is 106 cm³/mol. The summed E-state index contributed by atoms with van der Waals surface area (Å²) in [5.41, 5.74) is 1.28. The second-order valence-electron chi connectivity index (χ2n) is 6.42. The molecule has 0 aromatic carbocycles. The smallest absolute Gasteiger partial charge is 0.205 e. The minimum Gasteiger partial charge on any atom is -0.356 e. The quantitative estimate of drug-likeness (QED) is 0.463. The van der Waals surface area contributed by atoms with Crippen molar-refractivity contribution >= 4 is 22.6 Å². The summed E-state index contributed by atoms with van der Waals surface area (Å²) in [7, 11) is 3.81. The number of rotatable bonds is 6. The van der Waals surface area contributed by atoms with Crippen LogP contribution in [-0.4, -0.2) is 69.8 Å². The summed E-state index contributed by atoms with van der Waals surface area (Å²) in [6, 6.07) is 0. The maximum atomic E-state index is 4.60. The van der Waals surface area contributed by atoms with Crippen molar-refractivity contribution in [2.75, 3.05) is 44.7 Å². The molecule has 3 rings (SSSR count). The van der Waals surface area contributed by atoms with Crippen LogP contribution in [0, 0.1) is 0 Å². The lowest BCUT2D eigenvalue weighted by Gasteiger charge is -2.36. The van der Waals surface area contributed by atoms with Crippen LogP contribution in [0.2, 0.25) is 0 Å². The normalized spacial score (nSPS) is 15.6. The van der Waals surface area contributed by atoms with Gasteiger partial charge >= 0.3 is 0 Å². The van der Waals surface area contributed by atoms with Crippen molar-refractivity contribution < 1.29 is 0 Å². The van der Waals surface area contributed by atoms with Crippen LogP contribution in [0.5, 0.6) is 0 Å². The van der Waals surface area contributed by atoms with E-state index in [4.69, 9.17) is 0 Å². The summed E-state index contributed by atoms with van der Waals surface area (Å²) < 4.78 is 6.24. The lowest BCUT2D eigenvalue weighted by atomic mass is 10.2. The van der Waals surface area contributed by atoms with Crippen molar-refractivity contribution in [3.05, 3.63) is 23.8 Å². The molecule has 0 unspecified atom stereocenters. The summed E-state index contributed by atoms with van der Waals surface area (Å²) >= 11 is 1.51. The van der Waals surface area contributed by atoms with Gasteiger partial charge in [0.1, 0.15) is 5.82 Å². The fraction of sp³-hybridized carbons (Fsp3) is 0.647. The van der Waals surface area contributed by atoms with Crippen molar-refractivity contribution in [1.82, 2.24) is 29.4 Å². The summed E-state index contributed by atoms with van der Waals surface area (Å²) in [6.07, 6.45) is 7.00. The number of piperazine rings is 1. The van der Waals surface area contributed by atoms with Crippen LogP contribution >= 0.6 is 11.5 Å². The van der Waals surface area contributed by atoms with Gasteiger partial charge in [0.2, 0.25) is 5.13 Å². The first-order chi connectivity index (χ1) is 12.7. The Hall–Kier alpha value is -2.16. The van der Waals surface area contributed by atoms with Gasteiger partial charge in [-0.2, -0.15) is 9.47 Å². The lowest BCUT2D eigenvalue weighted by Crippen LogP contribution is -2.52. The number of hydrogen-bond donors (Lipinski definition) is 1. The number of nitrogens with zero attached hydrogens (tertiary/aromatic N) is 7. The maximum Gasteiger partial charge on any atom is 0.205 e. The molecule has 0 bridgehead atoms. The Morgan fingerprint density at radius 3 is 2.73 bits per heavy atom. The highest BCUT2D eigenvalue weighted by Gasteiger charge is 2.21. The van der Waals surface area contributed by atoms with Crippen molar-refractivity contribution in [1.29, 1.82) is 0 Å². The first-order valence-corrected chi connectivity index (χ1v) is 9.97. The molecule has 1 aliphatic heterocycles. The molecule has 1 fully saturated rings. The molecule has 2 aromatic rings. The number of guanidine groups is 1. The fourth-order valence-corrected chi connectivity index (χ4v) is 3.85. The highest BCUT2D eigenvalue weighted by Crippen LogP contribution is 2.19. The molecule has 0 amide bonds. The van der Waals surface area contributed by atoms with Gasteiger partial charge in [-0.3, -0.25) is 9.67 Å². The van der Waals surface area contributed by atoms with E-state index >= 15 is 0 Å². The number of hydrogen-bond acceptors (Lipinski definition) is 6. The zero-order chi connectivity index (χ0) is 18.4. The molecule has 0 aliphatic carbocycles. The third kappa shape index (κ3) is 4.72. The molecule has 9 heteroatoms. The molecule has 2 aromatic heterocycles. The minimum absolute atomic E-state index is 0.895. The van der Waals surface area contributed by atoms with Gasteiger partial charge < -0.3 is 15.1 Å². The van der Waals surface area contributed by atoms with Crippen molar-refractivity contribution in [2.45, 2.75) is 26.2 Å². The number of aryl methyl sites for hydroxylation is 3.